The van der Waals surface area contributed by atoms with Gasteiger partial charge >= 0.3 is 0 Å². The first kappa shape index (κ1) is 15.1. The second-order valence-electron chi connectivity index (χ2n) is 4.06. The molecule has 0 atom stereocenters. The van der Waals surface area contributed by atoms with E-state index in [-0.39, 0.29) is 6.15 Å². The maximum Gasteiger partial charge on any atom is 0.160 e. The van der Waals surface area contributed by atoms with Gasteiger partial charge in [0.15, 0.2) is 5.76 Å². The van der Waals surface area contributed by atoms with Gasteiger partial charge in [-0.15, -0.1) is 5.10 Å². The van der Waals surface area contributed by atoms with Gasteiger partial charge in [0, 0.05) is 11.7 Å². The molecule has 4 nitrogen and oxygen atoms in total. The van der Waals surface area contributed by atoms with Gasteiger partial charge < -0.3 is 10.7 Å². The van der Waals surface area contributed by atoms with Crippen LogP contribution in [-0.2, 0) is 12.8 Å². The summed E-state index contributed by atoms with van der Waals surface area (Å²) >= 11 is 0. The van der Waals surface area contributed by atoms with Gasteiger partial charge in [-0.3, -0.25) is 0 Å². The van der Waals surface area contributed by atoms with Gasteiger partial charge in [-0.25, -0.2) is 0 Å². The molecule has 0 fully saturated rings. The molecule has 1 aromatic rings. The molecule has 0 unspecified atom stereocenters. The van der Waals surface area contributed by atoms with Crippen molar-refractivity contribution in [2.45, 2.75) is 65.2 Å². The second-order valence-corrected chi connectivity index (χ2v) is 4.06. The fourth-order valence-electron chi connectivity index (χ4n) is 1.68. The zero-order chi connectivity index (χ0) is 10.9. The molecule has 0 radical (unpaired) electrons. The first-order valence-corrected chi connectivity index (χ1v) is 6.18. The van der Waals surface area contributed by atoms with Crippen LogP contribution in [0, 0.1) is 0 Å². The average molecular weight is 227 g/mol. The third-order valence-electron chi connectivity index (χ3n) is 2.66. The molecule has 0 saturated heterocycles. The molecule has 3 N–H and O–H groups in total. The van der Waals surface area contributed by atoms with Crippen LogP contribution >= 0.6 is 0 Å². The lowest BCUT2D eigenvalue weighted by Crippen LogP contribution is -1.93. The largest absolute Gasteiger partial charge is 0.344 e. The SMILES string of the molecule is CCCCCc1nnoc1CCCCC.N. The van der Waals surface area contributed by atoms with E-state index in [1.54, 1.807) is 0 Å². The van der Waals surface area contributed by atoms with Gasteiger partial charge in [0.1, 0.15) is 5.69 Å². The molecule has 0 amide bonds. The van der Waals surface area contributed by atoms with E-state index in [0.717, 1.165) is 24.3 Å². The van der Waals surface area contributed by atoms with Crippen LogP contribution in [0.4, 0.5) is 0 Å². The topological polar surface area (TPSA) is 73.9 Å². The maximum atomic E-state index is 5.18. The lowest BCUT2D eigenvalue weighted by Gasteiger charge is -1.98. The molecule has 4 heteroatoms. The number of hydrogen-bond acceptors (Lipinski definition) is 4. The molecule has 1 aromatic heterocycles. The van der Waals surface area contributed by atoms with Crippen molar-refractivity contribution in [3.05, 3.63) is 11.5 Å². The number of hydrogen-bond donors (Lipinski definition) is 1. The van der Waals surface area contributed by atoms with Crippen molar-refractivity contribution in [2.75, 3.05) is 0 Å². The molecule has 16 heavy (non-hydrogen) atoms. The molecule has 1 heterocycles. The van der Waals surface area contributed by atoms with Crippen molar-refractivity contribution >= 4 is 0 Å². The van der Waals surface area contributed by atoms with Crippen LogP contribution in [-0.4, -0.2) is 10.4 Å². The molecular weight excluding hydrogens is 202 g/mol. The fraction of sp³-hybridized carbons (Fsp3) is 0.833. The predicted molar refractivity (Wildman–Crippen MR) is 65.8 cm³/mol. The number of aromatic nitrogens is 2. The van der Waals surface area contributed by atoms with E-state index < -0.39 is 0 Å². The quantitative estimate of drug-likeness (QED) is 0.687. The minimum atomic E-state index is 0. The summed E-state index contributed by atoms with van der Waals surface area (Å²) in [6.45, 7) is 4.42. The Morgan fingerprint density at radius 1 is 0.938 bits per heavy atom. The summed E-state index contributed by atoms with van der Waals surface area (Å²) < 4.78 is 5.18. The number of aryl methyl sites for hydroxylation is 2. The molecule has 1 rings (SSSR count). The van der Waals surface area contributed by atoms with E-state index in [1.807, 2.05) is 0 Å². The Hall–Kier alpha value is -0.900. The highest BCUT2D eigenvalue weighted by molar-refractivity contribution is 5.05. The highest BCUT2D eigenvalue weighted by Crippen LogP contribution is 2.12. The van der Waals surface area contributed by atoms with Gasteiger partial charge in [0.25, 0.3) is 0 Å². The van der Waals surface area contributed by atoms with E-state index in [9.17, 15) is 0 Å². The zero-order valence-electron chi connectivity index (χ0n) is 10.7. The molecule has 94 valence electrons. The van der Waals surface area contributed by atoms with Crippen LogP contribution in [0.25, 0.3) is 0 Å². The molecular formula is C12H25N3O. The van der Waals surface area contributed by atoms with Gasteiger partial charge in [0.2, 0.25) is 0 Å². The first-order chi connectivity index (χ1) is 7.38. The predicted octanol–water partition coefficient (Wildman–Crippen LogP) is 3.70. The molecule has 0 saturated carbocycles. The summed E-state index contributed by atoms with van der Waals surface area (Å²) in [6, 6.07) is 0. The van der Waals surface area contributed by atoms with E-state index in [4.69, 9.17) is 4.52 Å². The molecule has 0 aromatic carbocycles. The van der Waals surface area contributed by atoms with Gasteiger partial charge in [-0.1, -0.05) is 39.5 Å². The fourth-order valence-corrected chi connectivity index (χ4v) is 1.68. The lowest BCUT2D eigenvalue weighted by molar-refractivity contribution is 0.358. The smallest absolute Gasteiger partial charge is 0.160 e. The van der Waals surface area contributed by atoms with Crippen molar-refractivity contribution in [1.82, 2.24) is 16.5 Å². The van der Waals surface area contributed by atoms with Crippen LogP contribution in [0.2, 0.25) is 0 Å². The van der Waals surface area contributed by atoms with Crippen LogP contribution in [0.5, 0.6) is 0 Å². The van der Waals surface area contributed by atoms with E-state index in [1.165, 1.54) is 38.5 Å². The van der Waals surface area contributed by atoms with E-state index in [2.05, 4.69) is 24.2 Å². The summed E-state index contributed by atoms with van der Waals surface area (Å²) in [5.74, 6) is 1.01. The van der Waals surface area contributed by atoms with E-state index >= 15 is 0 Å². The number of nitrogens with zero attached hydrogens (tertiary/aromatic N) is 2. The normalized spacial score (nSPS) is 10.1. The van der Waals surface area contributed by atoms with Crippen molar-refractivity contribution in [3.8, 4) is 0 Å². The minimum absolute atomic E-state index is 0. The Morgan fingerprint density at radius 3 is 2.19 bits per heavy atom. The van der Waals surface area contributed by atoms with Crippen LogP contribution in [0.3, 0.4) is 0 Å². The Balaban J connectivity index is 0.00000225. The number of rotatable bonds is 8. The second kappa shape index (κ2) is 9.33. The third kappa shape index (κ3) is 5.26. The summed E-state index contributed by atoms with van der Waals surface area (Å²) in [4.78, 5) is 0. The molecule has 0 aliphatic carbocycles. The van der Waals surface area contributed by atoms with Crippen molar-refractivity contribution in [1.29, 1.82) is 0 Å². The Labute approximate surface area is 98.4 Å². The Bertz CT molecular complexity index is 236. The van der Waals surface area contributed by atoms with Crippen molar-refractivity contribution in [2.24, 2.45) is 0 Å². The van der Waals surface area contributed by atoms with E-state index in [0.29, 0.717) is 0 Å². The highest BCUT2D eigenvalue weighted by atomic mass is 16.5. The third-order valence-corrected chi connectivity index (χ3v) is 2.66. The molecule has 0 aliphatic heterocycles. The Morgan fingerprint density at radius 2 is 1.56 bits per heavy atom. The van der Waals surface area contributed by atoms with Crippen LogP contribution in [0.1, 0.15) is 63.8 Å². The monoisotopic (exact) mass is 227 g/mol. The highest BCUT2D eigenvalue weighted by Gasteiger charge is 2.08. The number of unbranched alkanes of at least 4 members (excludes halogenated alkanes) is 4. The lowest BCUT2D eigenvalue weighted by atomic mass is 10.1. The van der Waals surface area contributed by atoms with Crippen molar-refractivity contribution < 1.29 is 4.52 Å². The summed E-state index contributed by atoms with van der Waals surface area (Å²) in [5, 5.41) is 7.70. The maximum absolute atomic E-state index is 5.18. The first-order valence-electron chi connectivity index (χ1n) is 6.18. The Kier molecular flexibility index (Phi) is 8.81. The van der Waals surface area contributed by atoms with Crippen molar-refractivity contribution in [3.63, 3.8) is 0 Å². The zero-order valence-corrected chi connectivity index (χ0v) is 10.7. The molecule has 0 aliphatic rings. The summed E-state index contributed by atoms with van der Waals surface area (Å²) in [7, 11) is 0. The molecule has 0 spiro atoms. The minimum Gasteiger partial charge on any atom is -0.344 e. The summed E-state index contributed by atoms with van der Waals surface area (Å²) in [6.07, 6.45) is 9.43. The standard InChI is InChI=1S/C12H22N2O.H3N/c1-3-5-7-9-11-12(15-14-13-11)10-8-6-4-2;/h3-10H2,1-2H3;1H3. The van der Waals surface area contributed by atoms with Crippen LogP contribution in [0.15, 0.2) is 4.52 Å². The summed E-state index contributed by atoms with van der Waals surface area (Å²) in [5.41, 5.74) is 1.08. The average Bonchev–Trinajstić information content (AvgIpc) is 2.67. The molecule has 0 bridgehead atoms. The van der Waals surface area contributed by atoms with Gasteiger partial charge in [0.05, 0.1) is 0 Å². The van der Waals surface area contributed by atoms with Crippen LogP contribution < -0.4 is 6.15 Å². The van der Waals surface area contributed by atoms with Gasteiger partial charge in [-0.05, 0) is 19.3 Å². The van der Waals surface area contributed by atoms with Gasteiger partial charge in [-0.2, -0.15) is 0 Å².